The van der Waals surface area contributed by atoms with Crippen molar-refractivity contribution in [3.05, 3.63) is 24.3 Å². The number of nitrogens with zero attached hydrogens (tertiary/aromatic N) is 3. The van der Waals surface area contributed by atoms with E-state index < -0.39 is 0 Å². The Morgan fingerprint density at radius 1 is 1.27 bits per heavy atom. The van der Waals surface area contributed by atoms with Gasteiger partial charge in [-0.05, 0) is 38.5 Å². The van der Waals surface area contributed by atoms with Crippen LogP contribution in [0.1, 0.15) is 25.6 Å². The molecule has 4 nitrogen and oxygen atoms in total. The third-order valence-corrected chi connectivity index (χ3v) is 2.20. The van der Waals surface area contributed by atoms with E-state index in [1.165, 1.54) is 0 Å². The lowest BCUT2D eigenvalue weighted by Crippen LogP contribution is -2.27. The van der Waals surface area contributed by atoms with Crippen LogP contribution in [0.3, 0.4) is 0 Å². The van der Waals surface area contributed by atoms with Crippen molar-refractivity contribution >= 4 is 0 Å². The normalized spacial score (nSPS) is 10.9. The van der Waals surface area contributed by atoms with E-state index in [0.29, 0.717) is 0 Å². The molecular weight excluding hydrogens is 188 g/mol. The Hall–Kier alpha value is -1.00. The van der Waals surface area contributed by atoms with Gasteiger partial charge in [0.25, 0.3) is 0 Å². The van der Waals surface area contributed by atoms with Crippen molar-refractivity contribution in [1.82, 2.24) is 14.9 Å². The number of nitrogens with two attached hydrogens (primary N) is 1. The highest BCUT2D eigenvalue weighted by Gasteiger charge is 2.05. The zero-order valence-corrected chi connectivity index (χ0v) is 9.39. The minimum Gasteiger partial charge on any atom is -0.330 e. The maximum Gasteiger partial charge on any atom is 0.142 e. The summed E-state index contributed by atoms with van der Waals surface area (Å²) in [6.45, 7) is 5.87. The third kappa shape index (κ3) is 4.85. The first-order valence-electron chi connectivity index (χ1n) is 5.55. The molecule has 0 radical (unpaired) electrons. The predicted octanol–water partition coefficient (Wildman–Crippen LogP) is 1.04. The lowest BCUT2D eigenvalue weighted by atomic mass is 10.3. The summed E-state index contributed by atoms with van der Waals surface area (Å²) in [5.74, 6) is 0.892. The summed E-state index contributed by atoms with van der Waals surface area (Å²) in [7, 11) is 0. The first-order chi connectivity index (χ1) is 7.36. The van der Waals surface area contributed by atoms with Crippen LogP contribution >= 0.6 is 0 Å². The van der Waals surface area contributed by atoms with E-state index >= 15 is 0 Å². The third-order valence-electron chi connectivity index (χ3n) is 2.20. The lowest BCUT2D eigenvalue weighted by Gasteiger charge is -2.20. The first kappa shape index (κ1) is 12.1. The van der Waals surface area contributed by atoms with Gasteiger partial charge in [-0.3, -0.25) is 4.90 Å². The largest absolute Gasteiger partial charge is 0.330 e. The molecular formula is C11H20N4. The van der Waals surface area contributed by atoms with E-state index in [9.17, 15) is 0 Å². The van der Waals surface area contributed by atoms with Gasteiger partial charge in [0.2, 0.25) is 0 Å². The average Bonchev–Trinajstić information content (AvgIpc) is 2.28. The molecule has 0 saturated heterocycles. The molecule has 1 heterocycles. The molecule has 1 aromatic heterocycles. The van der Waals surface area contributed by atoms with Crippen LogP contribution in [0, 0.1) is 0 Å². The van der Waals surface area contributed by atoms with Crippen molar-refractivity contribution in [2.45, 2.75) is 26.3 Å². The van der Waals surface area contributed by atoms with Crippen LogP contribution in [0.15, 0.2) is 18.5 Å². The zero-order chi connectivity index (χ0) is 10.9. The summed E-state index contributed by atoms with van der Waals surface area (Å²) >= 11 is 0. The van der Waals surface area contributed by atoms with Gasteiger partial charge in [0, 0.05) is 12.4 Å². The highest BCUT2D eigenvalue weighted by molar-refractivity contribution is 4.88. The van der Waals surface area contributed by atoms with Gasteiger partial charge in [-0.1, -0.05) is 6.92 Å². The summed E-state index contributed by atoms with van der Waals surface area (Å²) in [5, 5.41) is 0. The Labute approximate surface area is 91.5 Å². The molecule has 0 aliphatic rings. The van der Waals surface area contributed by atoms with Gasteiger partial charge in [-0.15, -0.1) is 0 Å². The molecule has 84 valence electrons. The van der Waals surface area contributed by atoms with Gasteiger partial charge >= 0.3 is 0 Å². The van der Waals surface area contributed by atoms with Crippen molar-refractivity contribution in [3.63, 3.8) is 0 Å². The van der Waals surface area contributed by atoms with Gasteiger partial charge in [-0.2, -0.15) is 0 Å². The molecule has 0 unspecified atom stereocenters. The molecule has 0 aromatic carbocycles. The molecule has 0 aliphatic carbocycles. The fourth-order valence-corrected chi connectivity index (χ4v) is 1.51. The van der Waals surface area contributed by atoms with Crippen molar-refractivity contribution in [2.24, 2.45) is 5.73 Å². The summed E-state index contributed by atoms with van der Waals surface area (Å²) in [6.07, 6.45) is 5.76. The van der Waals surface area contributed by atoms with E-state index in [-0.39, 0.29) is 0 Å². The minimum absolute atomic E-state index is 0.746. The van der Waals surface area contributed by atoms with Crippen LogP contribution in [-0.4, -0.2) is 34.5 Å². The van der Waals surface area contributed by atoms with Gasteiger partial charge in [0.05, 0.1) is 6.54 Å². The van der Waals surface area contributed by atoms with E-state index in [1.54, 1.807) is 12.4 Å². The first-order valence-corrected chi connectivity index (χ1v) is 5.55. The molecule has 1 aromatic rings. The van der Waals surface area contributed by atoms with Crippen molar-refractivity contribution in [1.29, 1.82) is 0 Å². The van der Waals surface area contributed by atoms with Crippen LogP contribution < -0.4 is 5.73 Å². The Morgan fingerprint density at radius 2 is 2.00 bits per heavy atom. The summed E-state index contributed by atoms with van der Waals surface area (Å²) in [5.41, 5.74) is 5.51. The smallest absolute Gasteiger partial charge is 0.142 e. The SMILES string of the molecule is CCCN(CCCN)Cc1ncccn1. The number of rotatable bonds is 7. The summed E-state index contributed by atoms with van der Waals surface area (Å²) < 4.78 is 0. The molecule has 0 atom stereocenters. The number of hydrogen-bond donors (Lipinski definition) is 1. The second-order valence-corrected chi connectivity index (χ2v) is 3.58. The maximum absolute atomic E-state index is 5.51. The van der Waals surface area contributed by atoms with Crippen LogP contribution in [0.25, 0.3) is 0 Å². The molecule has 0 spiro atoms. The van der Waals surface area contributed by atoms with E-state index in [4.69, 9.17) is 5.73 Å². The maximum atomic E-state index is 5.51. The Kier molecular flexibility index (Phi) is 5.88. The fourth-order valence-electron chi connectivity index (χ4n) is 1.51. The van der Waals surface area contributed by atoms with Crippen LogP contribution in [0.4, 0.5) is 0 Å². The molecule has 1 rings (SSSR count). The van der Waals surface area contributed by atoms with E-state index in [0.717, 1.165) is 44.8 Å². The molecule has 15 heavy (non-hydrogen) atoms. The summed E-state index contributed by atoms with van der Waals surface area (Å²) in [6, 6.07) is 1.84. The number of hydrogen-bond acceptors (Lipinski definition) is 4. The van der Waals surface area contributed by atoms with Crippen LogP contribution in [0.2, 0.25) is 0 Å². The molecule has 4 heteroatoms. The molecule has 0 amide bonds. The quantitative estimate of drug-likeness (QED) is 0.727. The number of aromatic nitrogens is 2. The second-order valence-electron chi connectivity index (χ2n) is 3.58. The fraction of sp³-hybridized carbons (Fsp3) is 0.636. The summed E-state index contributed by atoms with van der Waals surface area (Å²) in [4.78, 5) is 10.8. The highest BCUT2D eigenvalue weighted by atomic mass is 15.1. The van der Waals surface area contributed by atoms with Crippen LogP contribution in [-0.2, 0) is 6.54 Å². The zero-order valence-electron chi connectivity index (χ0n) is 9.39. The topological polar surface area (TPSA) is 55.0 Å². The van der Waals surface area contributed by atoms with Crippen molar-refractivity contribution < 1.29 is 0 Å². The highest BCUT2D eigenvalue weighted by Crippen LogP contribution is 2.00. The molecule has 2 N–H and O–H groups in total. The standard InChI is InChI=1S/C11H20N4/c1-2-8-15(9-3-5-12)10-11-13-6-4-7-14-11/h4,6-7H,2-3,5,8-10,12H2,1H3. The second kappa shape index (κ2) is 7.31. The molecule has 0 saturated carbocycles. The Balaban J connectivity index is 2.43. The van der Waals surface area contributed by atoms with Gasteiger partial charge in [0.1, 0.15) is 5.82 Å². The van der Waals surface area contributed by atoms with E-state index in [2.05, 4.69) is 21.8 Å². The predicted molar refractivity (Wildman–Crippen MR) is 61.3 cm³/mol. The van der Waals surface area contributed by atoms with Gasteiger partial charge < -0.3 is 5.73 Å². The van der Waals surface area contributed by atoms with Crippen LogP contribution in [0.5, 0.6) is 0 Å². The lowest BCUT2D eigenvalue weighted by molar-refractivity contribution is 0.258. The van der Waals surface area contributed by atoms with Gasteiger partial charge in [-0.25, -0.2) is 9.97 Å². The van der Waals surface area contributed by atoms with Crippen molar-refractivity contribution in [2.75, 3.05) is 19.6 Å². The Bertz CT molecular complexity index is 250. The van der Waals surface area contributed by atoms with Gasteiger partial charge in [0.15, 0.2) is 0 Å². The minimum atomic E-state index is 0.746. The molecule has 0 bridgehead atoms. The Morgan fingerprint density at radius 3 is 2.60 bits per heavy atom. The average molecular weight is 208 g/mol. The molecule has 0 fully saturated rings. The van der Waals surface area contributed by atoms with E-state index in [1.807, 2.05) is 6.07 Å². The monoisotopic (exact) mass is 208 g/mol. The van der Waals surface area contributed by atoms with Crippen molar-refractivity contribution in [3.8, 4) is 0 Å². The molecule has 0 aliphatic heterocycles.